The van der Waals surface area contributed by atoms with E-state index in [4.69, 9.17) is 5.41 Å². The molecule has 0 saturated heterocycles. The molecule has 0 saturated carbocycles. The van der Waals surface area contributed by atoms with Crippen molar-refractivity contribution in [3.8, 4) is 0 Å². The Morgan fingerprint density at radius 2 is 2.29 bits per heavy atom. The highest BCUT2D eigenvalue weighted by Crippen LogP contribution is 2.27. The van der Waals surface area contributed by atoms with Crippen LogP contribution in [0.25, 0.3) is 0 Å². The van der Waals surface area contributed by atoms with Crippen molar-refractivity contribution in [3.05, 3.63) is 22.4 Å². The van der Waals surface area contributed by atoms with E-state index < -0.39 is 0 Å². The quantitative estimate of drug-likeness (QED) is 0.528. The number of rotatable bonds is 6. The van der Waals surface area contributed by atoms with Crippen LogP contribution in [0.1, 0.15) is 50.3 Å². The highest BCUT2D eigenvalue weighted by molar-refractivity contribution is 7.10. The van der Waals surface area contributed by atoms with E-state index in [1.807, 2.05) is 6.92 Å². The number of nitrogens with one attached hydrogen (secondary N) is 1. The lowest BCUT2D eigenvalue weighted by Crippen LogP contribution is -2.06. The largest absolute Gasteiger partial charge is 0.309 e. The maximum atomic E-state index is 7.77. The molecular formula is C12H19NS. The van der Waals surface area contributed by atoms with Gasteiger partial charge in [0, 0.05) is 16.5 Å². The molecule has 1 unspecified atom stereocenters. The third-order valence-corrected chi connectivity index (χ3v) is 3.49. The lowest BCUT2D eigenvalue weighted by molar-refractivity contribution is 0.645. The molecule has 2 heteroatoms. The molecule has 0 aliphatic rings. The summed E-state index contributed by atoms with van der Waals surface area (Å²) in [5, 5.41) is 9.87. The topological polar surface area (TPSA) is 23.9 Å². The van der Waals surface area contributed by atoms with E-state index in [0.29, 0.717) is 5.92 Å². The van der Waals surface area contributed by atoms with Crippen LogP contribution >= 0.6 is 11.3 Å². The zero-order valence-corrected chi connectivity index (χ0v) is 9.86. The molecular weight excluding hydrogens is 190 g/mol. The summed E-state index contributed by atoms with van der Waals surface area (Å²) < 4.78 is 0. The SMILES string of the molecule is CCCCCC(C(C)=N)c1cccs1. The van der Waals surface area contributed by atoms with Crippen molar-refractivity contribution in [2.45, 2.75) is 45.4 Å². The lowest BCUT2D eigenvalue weighted by Gasteiger charge is -2.13. The molecule has 1 nitrogen and oxygen atoms in total. The first-order valence-corrected chi connectivity index (χ1v) is 6.22. The van der Waals surface area contributed by atoms with Gasteiger partial charge < -0.3 is 5.41 Å². The standard InChI is InChI=1S/C12H19NS/c1-3-4-5-7-11(10(2)13)12-8-6-9-14-12/h6,8-9,11,13H,3-5,7H2,1-2H3. The van der Waals surface area contributed by atoms with E-state index in [1.54, 1.807) is 11.3 Å². The molecule has 0 bridgehead atoms. The molecule has 0 spiro atoms. The summed E-state index contributed by atoms with van der Waals surface area (Å²) in [7, 11) is 0. The van der Waals surface area contributed by atoms with Crippen molar-refractivity contribution in [2.75, 3.05) is 0 Å². The van der Waals surface area contributed by atoms with Gasteiger partial charge in [-0.1, -0.05) is 32.3 Å². The molecule has 14 heavy (non-hydrogen) atoms. The summed E-state index contributed by atoms with van der Waals surface area (Å²) >= 11 is 1.78. The average Bonchev–Trinajstić information content (AvgIpc) is 2.64. The molecule has 0 aromatic carbocycles. The van der Waals surface area contributed by atoms with Gasteiger partial charge in [0.2, 0.25) is 0 Å². The minimum absolute atomic E-state index is 0.376. The van der Waals surface area contributed by atoms with Gasteiger partial charge in [-0.3, -0.25) is 0 Å². The third-order valence-electron chi connectivity index (χ3n) is 2.51. The van der Waals surface area contributed by atoms with Crippen LogP contribution < -0.4 is 0 Å². The molecule has 1 aromatic heterocycles. The Morgan fingerprint density at radius 1 is 1.50 bits per heavy atom. The van der Waals surface area contributed by atoms with Gasteiger partial charge >= 0.3 is 0 Å². The Morgan fingerprint density at radius 3 is 2.79 bits per heavy atom. The first kappa shape index (κ1) is 11.4. The molecule has 0 aliphatic heterocycles. The monoisotopic (exact) mass is 209 g/mol. The van der Waals surface area contributed by atoms with Crippen LogP contribution in [0.15, 0.2) is 17.5 Å². The summed E-state index contributed by atoms with van der Waals surface area (Å²) in [4.78, 5) is 1.36. The first-order valence-electron chi connectivity index (χ1n) is 5.34. The van der Waals surface area contributed by atoms with Gasteiger partial charge in [-0.15, -0.1) is 11.3 Å². The highest BCUT2D eigenvalue weighted by Gasteiger charge is 2.13. The minimum Gasteiger partial charge on any atom is -0.309 e. The predicted molar refractivity (Wildman–Crippen MR) is 64.6 cm³/mol. The lowest BCUT2D eigenvalue weighted by atomic mass is 9.95. The average molecular weight is 209 g/mol. The molecule has 1 N–H and O–H groups in total. The normalized spacial score (nSPS) is 12.7. The van der Waals surface area contributed by atoms with E-state index in [2.05, 4.69) is 24.4 Å². The first-order chi connectivity index (χ1) is 6.75. The highest BCUT2D eigenvalue weighted by atomic mass is 32.1. The second-order valence-corrected chi connectivity index (χ2v) is 4.73. The van der Waals surface area contributed by atoms with Crippen LogP contribution in [0, 0.1) is 5.41 Å². The number of thiophene rings is 1. The van der Waals surface area contributed by atoms with Gasteiger partial charge in [-0.25, -0.2) is 0 Å². The number of hydrogen-bond donors (Lipinski definition) is 1. The fourth-order valence-electron chi connectivity index (χ4n) is 1.66. The second-order valence-electron chi connectivity index (χ2n) is 3.75. The van der Waals surface area contributed by atoms with Crippen molar-refractivity contribution < 1.29 is 0 Å². The zero-order valence-electron chi connectivity index (χ0n) is 9.05. The van der Waals surface area contributed by atoms with Crippen LogP contribution in [0.4, 0.5) is 0 Å². The molecule has 1 heterocycles. The predicted octanol–water partition coefficient (Wildman–Crippen LogP) is 4.45. The summed E-state index contributed by atoms with van der Waals surface area (Å²) in [6, 6.07) is 4.23. The van der Waals surface area contributed by atoms with Gasteiger partial charge in [0.05, 0.1) is 0 Å². The Labute approximate surface area is 90.7 Å². The van der Waals surface area contributed by atoms with Gasteiger partial charge in [-0.05, 0) is 24.8 Å². The zero-order chi connectivity index (χ0) is 10.4. The van der Waals surface area contributed by atoms with E-state index in [-0.39, 0.29) is 0 Å². The maximum absolute atomic E-state index is 7.77. The molecule has 0 fully saturated rings. The fourth-order valence-corrected chi connectivity index (χ4v) is 2.59. The molecule has 1 rings (SSSR count). The summed E-state index contributed by atoms with van der Waals surface area (Å²) in [5.41, 5.74) is 0.809. The van der Waals surface area contributed by atoms with Crippen molar-refractivity contribution in [3.63, 3.8) is 0 Å². The molecule has 0 aliphatic carbocycles. The van der Waals surface area contributed by atoms with Crippen LogP contribution in [0.2, 0.25) is 0 Å². The van der Waals surface area contributed by atoms with E-state index in [9.17, 15) is 0 Å². The Hall–Kier alpha value is -0.630. The third kappa shape index (κ3) is 3.26. The van der Waals surface area contributed by atoms with E-state index in [1.165, 1.54) is 24.1 Å². The Balaban J connectivity index is 2.52. The molecule has 0 amide bonds. The van der Waals surface area contributed by atoms with Gasteiger partial charge in [0.1, 0.15) is 0 Å². The second kappa shape index (κ2) is 5.97. The van der Waals surface area contributed by atoms with Crippen LogP contribution in [-0.2, 0) is 0 Å². The van der Waals surface area contributed by atoms with Gasteiger partial charge in [0.25, 0.3) is 0 Å². The van der Waals surface area contributed by atoms with E-state index >= 15 is 0 Å². The number of unbranched alkanes of at least 4 members (excludes halogenated alkanes) is 2. The fraction of sp³-hybridized carbons (Fsp3) is 0.583. The molecule has 1 atom stereocenters. The van der Waals surface area contributed by atoms with Gasteiger partial charge in [0.15, 0.2) is 0 Å². The minimum atomic E-state index is 0.376. The summed E-state index contributed by atoms with van der Waals surface area (Å²) in [6.07, 6.45) is 4.93. The van der Waals surface area contributed by atoms with Crippen LogP contribution in [0.3, 0.4) is 0 Å². The summed E-state index contributed by atoms with van der Waals surface area (Å²) in [6.45, 7) is 4.15. The van der Waals surface area contributed by atoms with Crippen molar-refractivity contribution in [2.24, 2.45) is 0 Å². The van der Waals surface area contributed by atoms with Crippen molar-refractivity contribution in [1.29, 1.82) is 5.41 Å². The molecule has 78 valence electrons. The maximum Gasteiger partial charge on any atom is 0.0307 e. The number of hydrogen-bond acceptors (Lipinski definition) is 2. The van der Waals surface area contributed by atoms with Crippen molar-refractivity contribution >= 4 is 17.0 Å². The Kier molecular flexibility index (Phi) is 4.88. The van der Waals surface area contributed by atoms with Crippen molar-refractivity contribution in [1.82, 2.24) is 0 Å². The Bertz CT molecular complexity index is 264. The van der Waals surface area contributed by atoms with Crippen LogP contribution in [-0.4, -0.2) is 5.71 Å². The summed E-state index contributed by atoms with van der Waals surface area (Å²) in [5.74, 6) is 0.376. The van der Waals surface area contributed by atoms with E-state index in [0.717, 1.165) is 12.1 Å². The molecule has 1 aromatic rings. The van der Waals surface area contributed by atoms with Crippen LogP contribution in [0.5, 0.6) is 0 Å². The van der Waals surface area contributed by atoms with Gasteiger partial charge in [-0.2, -0.15) is 0 Å². The molecule has 0 radical (unpaired) electrons. The smallest absolute Gasteiger partial charge is 0.0307 e.